The lowest BCUT2D eigenvalue weighted by molar-refractivity contribution is -0.130. The number of carbonyl (C=O) groups is 5. The van der Waals surface area contributed by atoms with Crippen molar-refractivity contribution in [2.75, 3.05) is 11.5 Å². The third-order valence-electron chi connectivity index (χ3n) is 5.06. The summed E-state index contributed by atoms with van der Waals surface area (Å²) in [4.78, 5) is 64.9. The van der Waals surface area contributed by atoms with Crippen LogP contribution in [0.25, 0.3) is 6.08 Å². The van der Waals surface area contributed by atoms with Gasteiger partial charge in [0.15, 0.2) is 0 Å². The number of ether oxygens (including phenoxy) is 1. The summed E-state index contributed by atoms with van der Waals surface area (Å²) >= 11 is 6.58. The molecule has 2 heterocycles. The first-order valence-electron chi connectivity index (χ1n) is 9.96. The van der Waals surface area contributed by atoms with Crippen LogP contribution in [-0.2, 0) is 19.1 Å². The Morgan fingerprint density at radius 1 is 1.09 bits per heavy atom. The second-order valence-corrected chi connectivity index (χ2v) is 8.59. The molecule has 33 heavy (non-hydrogen) atoms. The molecule has 168 valence electrons. The fourth-order valence-electron chi connectivity index (χ4n) is 3.51. The monoisotopic (exact) mass is 484 g/mol. The Bertz CT molecular complexity index is 1190. The number of esters is 1. The minimum Gasteiger partial charge on any atom is -0.462 e. The fourth-order valence-corrected chi connectivity index (χ4v) is 4.51. The highest BCUT2D eigenvalue weighted by atomic mass is 35.5. The van der Waals surface area contributed by atoms with E-state index >= 15 is 0 Å². The SMILES string of the molecule is CCOC(=O)c1ccc(N2C(=O)CC(N3C(=O)S/C(=C\c4ccc(Cl)cc4)C3=O)C2=O)cc1. The Labute approximate surface area is 198 Å². The third-order valence-corrected chi connectivity index (χ3v) is 6.20. The number of carbonyl (C=O) groups excluding carboxylic acids is 5. The normalized spacial score (nSPS) is 19.7. The number of rotatable bonds is 5. The second-order valence-electron chi connectivity index (χ2n) is 7.16. The van der Waals surface area contributed by atoms with Gasteiger partial charge in [-0.15, -0.1) is 0 Å². The molecular weight excluding hydrogens is 468 g/mol. The van der Waals surface area contributed by atoms with Crippen LogP contribution >= 0.6 is 23.4 Å². The zero-order valence-electron chi connectivity index (χ0n) is 17.3. The van der Waals surface area contributed by atoms with Crippen molar-refractivity contribution in [2.45, 2.75) is 19.4 Å². The van der Waals surface area contributed by atoms with Crippen molar-refractivity contribution in [2.24, 2.45) is 0 Å². The zero-order chi connectivity index (χ0) is 23.7. The number of amides is 4. The number of anilines is 1. The van der Waals surface area contributed by atoms with Crippen LogP contribution in [0.2, 0.25) is 5.02 Å². The third kappa shape index (κ3) is 4.42. The van der Waals surface area contributed by atoms with E-state index in [1.807, 2.05) is 0 Å². The van der Waals surface area contributed by atoms with Gasteiger partial charge in [0.1, 0.15) is 6.04 Å². The van der Waals surface area contributed by atoms with Crippen LogP contribution in [0.1, 0.15) is 29.3 Å². The van der Waals surface area contributed by atoms with Crippen molar-refractivity contribution in [1.82, 2.24) is 4.90 Å². The molecule has 2 fully saturated rings. The number of imide groups is 2. The highest BCUT2D eigenvalue weighted by molar-refractivity contribution is 8.18. The lowest BCUT2D eigenvalue weighted by Crippen LogP contribution is -2.44. The lowest BCUT2D eigenvalue weighted by Gasteiger charge is -2.20. The summed E-state index contributed by atoms with van der Waals surface area (Å²) in [6.45, 7) is 1.90. The molecular formula is C23H17ClN2O6S. The highest BCUT2D eigenvalue weighted by Gasteiger charge is 2.50. The van der Waals surface area contributed by atoms with Gasteiger partial charge in [-0.25, -0.2) is 9.69 Å². The van der Waals surface area contributed by atoms with E-state index < -0.39 is 35.0 Å². The van der Waals surface area contributed by atoms with Gasteiger partial charge in [-0.3, -0.25) is 24.1 Å². The van der Waals surface area contributed by atoms with Crippen LogP contribution in [-0.4, -0.2) is 46.5 Å². The number of hydrogen-bond acceptors (Lipinski definition) is 7. The second kappa shape index (κ2) is 9.21. The van der Waals surface area contributed by atoms with Gasteiger partial charge >= 0.3 is 5.97 Å². The predicted molar refractivity (Wildman–Crippen MR) is 123 cm³/mol. The van der Waals surface area contributed by atoms with Gasteiger partial charge in [-0.1, -0.05) is 23.7 Å². The molecule has 0 aliphatic carbocycles. The molecule has 4 amide bonds. The first kappa shape index (κ1) is 22.8. The molecule has 0 radical (unpaired) electrons. The Kier molecular flexibility index (Phi) is 6.35. The number of hydrogen-bond donors (Lipinski definition) is 0. The molecule has 1 atom stereocenters. The zero-order valence-corrected chi connectivity index (χ0v) is 18.9. The van der Waals surface area contributed by atoms with Crippen molar-refractivity contribution >= 4 is 64.1 Å². The molecule has 2 aliphatic rings. The van der Waals surface area contributed by atoms with Gasteiger partial charge in [-0.05, 0) is 66.7 Å². The minimum absolute atomic E-state index is 0.153. The smallest absolute Gasteiger partial charge is 0.338 e. The molecule has 0 spiro atoms. The quantitative estimate of drug-likeness (QED) is 0.360. The number of halogens is 1. The van der Waals surface area contributed by atoms with Crippen LogP contribution < -0.4 is 4.90 Å². The minimum atomic E-state index is -1.23. The molecule has 10 heteroatoms. The molecule has 0 N–H and O–H groups in total. The summed E-state index contributed by atoms with van der Waals surface area (Å²) in [5, 5.41) is -0.0865. The summed E-state index contributed by atoms with van der Waals surface area (Å²) in [5.74, 6) is -2.38. The Hall–Kier alpha value is -3.43. The molecule has 2 aliphatic heterocycles. The van der Waals surface area contributed by atoms with E-state index in [4.69, 9.17) is 16.3 Å². The first-order chi connectivity index (χ1) is 15.8. The highest BCUT2D eigenvalue weighted by Crippen LogP contribution is 2.37. The van der Waals surface area contributed by atoms with Crippen LogP contribution in [0, 0.1) is 0 Å². The number of benzene rings is 2. The van der Waals surface area contributed by atoms with Crippen molar-refractivity contribution in [1.29, 1.82) is 0 Å². The van der Waals surface area contributed by atoms with Crippen LogP contribution in [0.3, 0.4) is 0 Å². The van der Waals surface area contributed by atoms with E-state index in [1.165, 1.54) is 30.3 Å². The maximum Gasteiger partial charge on any atom is 0.338 e. The summed E-state index contributed by atoms with van der Waals surface area (Å²) in [6, 6.07) is 11.2. The summed E-state index contributed by atoms with van der Waals surface area (Å²) in [7, 11) is 0. The molecule has 0 saturated carbocycles. The van der Waals surface area contributed by atoms with Gasteiger partial charge in [0.05, 0.1) is 29.2 Å². The van der Waals surface area contributed by atoms with Crippen molar-refractivity contribution in [3.05, 3.63) is 69.6 Å². The van der Waals surface area contributed by atoms with E-state index in [0.717, 1.165) is 9.80 Å². The molecule has 2 aromatic carbocycles. The van der Waals surface area contributed by atoms with Gasteiger partial charge in [0, 0.05) is 5.02 Å². The first-order valence-corrected chi connectivity index (χ1v) is 11.2. The van der Waals surface area contributed by atoms with Crippen LogP contribution in [0.4, 0.5) is 10.5 Å². The summed E-state index contributed by atoms with van der Waals surface area (Å²) in [5.41, 5.74) is 1.18. The average Bonchev–Trinajstić information content (AvgIpc) is 3.23. The van der Waals surface area contributed by atoms with Crippen molar-refractivity contribution in [3.63, 3.8) is 0 Å². The van der Waals surface area contributed by atoms with E-state index in [1.54, 1.807) is 31.2 Å². The lowest BCUT2D eigenvalue weighted by atomic mass is 10.2. The number of thioether (sulfide) groups is 1. The van der Waals surface area contributed by atoms with Gasteiger partial charge in [0.2, 0.25) is 5.91 Å². The van der Waals surface area contributed by atoms with Crippen LogP contribution in [0.5, 0.6) is 0 Å². The fraction of sp³-hybridized carbons (Fsp3) is 0.174. The predicted octanol–water partition coefficient (Wildman–Crippen LogP) is 3.89. The average molecular weight is 485 g/mol. The van der Waals surface area contributed by atoms with Gasteiger partial charge < -0.3 is 4.74 Å². The van der Waals surface area contributed by atoms with E-state index in [-0.39, 0.29) is 29.2 Å². The molecule has 0 aromatic heterocycles. The van der Waals surface area contributed by atoms with Crippen molar-refractivity contribution in [3.8, 4) is 0 Å². The molecule has 0 bridgehead atoms. The maximum atomic E-state index is 13.0. The number of nitrogens with zero attached hydrogens (tertiary/aromatic N) is 2. The van der Waals surface area contributed by atoms with E-state index in [0.29, 0.717) is 22.3 Å². The van der Waals surface area contributed by atoms with E-state index in [9.17, 15) is 24.0 Å². The van der Waals surface area contributed by atoms with Crippen molar-refractivity contribution < 1.29 is 28.7 Å². The molecule has 1 unspecified atom stereocenters. The molecule has 4 rings (SSSR count). The van der Waals surface area contributed by atoms with Gasteiger partial charge in [-0.2, -0.15) is 0 Å². The molecule has 8 nitrogen and oxygen atoms in total. The topological polar surface area (TPSA) is 101 Å². The molecule has 2 aromatic rings. The van der Waals surface area contributed by atoms with Gasteiger partial charge in [0.25, 0.3) is 17.1 Å². The van der Waals surface area contributed by atoms with Crippen LogP contribution in [0.15, 0.2) is 53.4 Å². The maximum absolute atomic E-state index is 13.0. The van der Waals surface area contributed by atoms with E-state index in [2.05, 4.69) is 0 Å². The summed E-state index contributed by atoms with van der Waals surface area (Å²) in [6.07, 6.45) is 1.22. The Balaban J connectivity index is 1.54. The largest absolute Gasteiger partial charge is 0.462 e. The standard InChI is InChI=1S/C23H17ClN2O6S/c1-2-32-22(30)14-5-9-16(10-6-14)25-19(27)12-17(20(25)28)26-21(29)18(33-23(26)31)11-13-3-7-15(24)8-4-13/h3-11,17H,2,12H2,1H3/b18-11-. The summed E-state index contributed by atoms with van der Waals surface area (Å²) < 4.78 is 4.92. The Morgan fingerprint density at radius 3 is 2.39 bits per heavy atom. The Morgan fingerprint density at radius 2 is 1.76 bits per heavy atom. The molecule has 2 saturated heterocycles.